The highest BCUT2D eigenvalue weighted by molar-refractivity contribution is 7.84. The molecule has 0 aromatic rings. The summed E-state index contributed by atoms with van der Waals surface area (Å²) in [7, 11) is -4.39. The number of hydrogen-bond donors (Lipinski definition) is 1. The molecule has 1 rings (SSSR count). The monoisotopic (exact) mass is 203 g/mol. The highest BCUT2D eigenvalue weighted by atomic mass is 35.5. The van der Waals surface area contributed by atoms with Gasteiger partial charge in [0.1, 0.15) is 6.61 Å². The van der Waals surface area contributed by atoms with Crippen LogP contribution in [-0.4, -0.2) is 36.5 Å². The Labute approximate surface area is 69.4 Å². The molecule has 1 aliphatic rings. The highest BCUT2D eigenvalue weighted by Gasteiger charge is 2.31. The maximum absolute atomic E-state index is 10.4. The Balaban J connectivity index is 0.000001000. The van der Waals surface area contributed by atoms with Crippen LogP contribution in [-0.2, 0) is 15.0 Å². The standard InChI is InChI=1S/C3H5NO5S.ClH/c5-3-4(1-2-9-3)10(6,7)8;/h1-2H2,(H,6,7,8);1H. The molecule has 0 atom stereocenters. The van der Waals surface area contributed by atoms with Gasteiger partial charge in [-0.15, -0.1) is 12.4 Å². The molecular weight excluding hydrogens is 198 g/mol. The lowest BCUT2D eigenvalue weighted by Crippen LogP contribution is -2.30. The van der Waals surface area contributed by atoms with Crippen LogP contribution in [0.4, 0.5) is 4.79 Å². The van der Waals surface area contributed by atoms with E-state index < -0.39 is 16.4 Å². The van der Waals surface area contributed by atoms with Gasteiger partial charge in [0.25, 0.3) is 0 Å². The third-order valence-electron chi connectivity index (χ3n) is 1.00. The molecule has 1 fully saturated rings. The summed E-state index contributed by atoms with van der Waals surface area (Å²) in [6, 6.07) is 0. The molecule has 8 heteroatoms. The SMILES string of the molecule is Cl.O=C1OCCN1S(=O)(=O)O. The van der Waals surface area contributed by atoms with Gasteiger partial charge in [-0.05, 0) is 0 Å². The summed E-state index contributed by atoms with van der Waals surface area (Å²) in [5.74, 6) is 0. The summed E-state index contributed by atoms with van der Waals surface area (Å²) >= 11 is 0. The smallest absolute Gasteiger partial charge is 0.425 e. The lowest BCUT2D eigenvalue weighted by molar-refractivity contribution is 0.168. The first kappa shape index (κ1) is 10.5. The number of cyclic esters (lactones) is 1. The van der Waals surface area contributed by atoms with Crippen molar-refractivity contribution in [2.45, 2.75) is 0 Å². The average molecular weight is 204 g/mol. The average Bonchev–Trinajstić information content (AvgIpc) is 2.11. The van der Waals surface area contributed by atoms with E-state index in [-0.39, 0.29) is 29.9 Å². The van der Waals surface area contributed by atoms with Crippen molar-refractivity contribution >= 4 is 28.8 Å². The van der Waals surface area contributed by atoms with E-state index in [2.05, 4.69) is 4.74 Å². The van der Waals surface area contributed by atoms with Gasteiger partial charge in [0.05, 0.1) is 6.54 Å². The number of nitrogens with zero attached hydrogens (tertiary/aromatic N) is 1. The van der Waals surface area contributed by atoms with Crippen molar-refractivity contribution in [3.8, 4) is 0 Å². The minimum absolute atomic E-state index is 0. The number of halogens is 1. The van der Waals surface area contributed by atoms with Crippen molar-refractivity contribution in [1.29, 1.82) is 0 Å². The van der Waals surface area contributed by atoms with Gasteiger partial charge in [-0.2, -0.15) is 12.7 Å². The Kier molecular flexibility index (Phi) is 3.09. The van der Waals surface area contributed by atoms with Gasteiger partial charge >= 0.3 is 16.4 Å². The molecule has 0 radical (unpaired) electrons. The highest BCUT2D eigenvalue weighted by Crippen LogP contribution is 2.06. The predicted molar refractivity (Wildman–Crippen MR) is 36.9 cm³/mol. The zero-order valence-corrected chi connectivity index (χ0v) is 6.89. The van der Waals surface area contributed by atoms with Gasteiger partial charge in [0.2, 0.25) is 0 Å². The molecule has 11 heavy (non-hydrogen) atoms. The minimum Gasteiger partial charge on any atom is -0.447 e. The molecule has 0 aromatic carbocycles. The Morgan fingerprint density at radius 2 is 2.09 bits per heavy atom. The van der Waals surface area contributed by atoms with E-state index in [1.165, 1.54) is 0 Å². The molecule has 1 aliphatic heterocycles. The number of carbonyl (C=O) groups is 1. The number of hydrogen-bond acceptors (Lipinski definition) is 4. The summed E-state index contributed by atoms with van der Waals surface area (Å²) < 4.78 is 33.2. The Morgan fingerprint density at radius 3 is 2.27 bits per heavy atom. The molecule has 0 bridgehead atoms. The third kappa shape index (κ3) is 2.21. The van der Waals surface area contributed by atoms with Gasteiger partial charge in [-0.25, -0.2) is 4.79 Å². The molecule has 1 amide bonds. The van der Waals surface area contributed by atoms with Crippen molar-refractivity contribution in [3.05, 3.63) is 0 Å². The fraction of sp³-hybridized carbons (Fsp3) is 0.667. The predicted octanol–water partition coefficient (Wildman–Crippen LogP) is -0.337. The molecule has 0 aromatic heterocycles. The summed E-state index contributed by atoms with van der Waals surface area (Å²) in [4.78, 5) is 10.4. The molecule has 66 valence electrons. The molecule has 0 saturated carbocycles. The molecule has 1 heterocycles. The Morgan fingerprint density at radius 1 is 1.55 bits per heavy atom. The lowest BCUT2D eigenvalue weighted by atomic mass is 10.7. The van der Waals surface area contributed by atoms with Crippen LogP contribution in [0.3, 0.4) is 0 Å². The molecule has 0 spiro atoms. The number of rotatable bonds is 1. The van der Waals surface area contributed by atoms with Crippen LogP contribution in [0.25, 0.3) is 0 Å². The molecule has 6 nitrogen and oxygen atoms in total. The van der Waals surface area contributed by atoms with Crippen LogP contribution >= 0.6 is 12.4 Å². The van der Waals surface area contributed by atoms with Gasteiger partial charge in [-0.1, -0.05) is 0 Å². The van der Waals surface area contributed by atoms with Crippen molar-refractivity contribution in [1.82, 2.24) is 4.31 Å². The molecule has 0 aliphatic carbocycles. The summed E-state index contributed by atoms with van der Waals surface area (Å²) in [5, 5.41) is 0. The van der Waals surface area contributed by atoms with Crippen molar-refractivity contribution in [2.24, 2.45) is 0 Å². The second-order valence-corrected chi connectivity index (χ2v) is 3.00. The zero-order valence-electron chi connectivity index (χ0n) is 5.26. The quantitative estimate of drug-likeness (QED) is 0.590. The summed E-state index contributed by atoms with van der Waals surface area (Å²) in [6.45, 7) is -0.115. The lowest BCUT2D eigenvalue weighted by Gasteiger charge is -2.05. The van der Waals surface area contributed by atoms with Gasteiger partial charge < -0.3 is 4.74 Å². The number of carbonyl (C=O) groups excluding carboxylic acids is 1. The van der Waals surface area contributed by atoms with E-state index >= 15 is 0 Å². The molecule has 1 N–H and O–H groups in total. The van der Waals surface area contributed by atoms with Gasteiger partial charge in [0, 0.05) is 0 Å². The van der Waals surface area contributed by atoms with Crippen LogP contribution in [0, 0.1) is 0 Å². The van der Waals surface area contributed by atoms with E-state index in [1.54, 1.807) is 0 Å². The fourth-order valence-corrected chi connectivity index (χ4v) is 1.14. The van der Waals surface area contributed by atoms with E-state index in [0.717, 1.165) is 0 Å². The summed E-state index contributed by atoms with van der Waals surface area (Å²) in [6.07, 6.45) is -1.03. The first-order chi connectivity index (χ1) is 4.52. The van der Waals surface area contributed by atoms with Gasteiger partial charge in [-0.3, -0.25) is 4.55 Å². The number of amides is 1. The van der Waals surface area contributed by atoms with E-state index in [4.69, 9.17) is 4.55 Å². The number of ether oxygens (including phenoxy) is 1. The Bertz CT molecular complexity index is 248. The first-order valence-electron chi connectivity index (χ1n) is 2.44. The largest absolute Gasteiger partial charge is 0.447 e. The maximum atomic E-state index is 10.4. The van der Waals surface area contributed by atoms with Crippen LogP contribution in [0.5, 0.6) is 0 Å². The second kappa shape index (κ2) is 3.24. The normalized spacial score (nSPS) is 17.5. The van der Waals surface area contributed by atoms with Crippen molar-refractivity contribution in [3.63, 3.8) is 0 Å². The van der Waals surface area contributed by atoms with E-state index in [9.17, 15) is 13.2 Å². The third-order valence-corrected chi connectivity index (χ3v) is 1.89. The van der Waals surface area contributed by atoms with Crippen LogP contribution < -0.4 is 0 Å². The van der Waals surface area contributed by atoms with E-state index in [1.807, 2.05) is 0 Å². The second-order valence-electron chi connectivity index (χ2n) is 1.66. The van der Waals surface area contributed by atoms with Gasteiger partial charge in [0.15, 0.2) is 0 Å². The van der Waals surface area contributed by atoms with Crippen LogP contribution in [0.1, 0.15) is 0 Å². The van der Waals surface area contributed by atoms with E-state index in [0.29, 0.717) is 0 Å². The Hall–Kier alpha value is -0.530. The first-order valence-corrected chi connectivity index (χ1v) is 3.83. The van der Waals surface area contributed by atoms with Crippen LogP contribution in [0.2, 0.25) is 0 Å². The maximum Gasteiger partial charge on any atom is 0.425 e. The van der Waals surface area contributed by atoms with Crippen molar-refractivity contribution < 1.29 is 22.5 Å². The molecule has 1 saturated heterocycles. The zero-order chi connectivity index (χ0) is 7.78. The topological polar surface area (TPSA) is 83.9 Å². The van der Waals surface area contributed by atoms with Crippen molar-refractivity contribution in [2.75, 3.05) is 13.2 Å². The summed E-state index contributed by atoms with van der Waals surface area (Å²) in [5.41, 5.74) is 0. The fourth-order valence-electron chi connectivity index (χ4n) is 0.589. The molecule has 0 unspecified atom stereocenters. The van der Waals surface area contributed by atoms with Crippen LogP contribution in [0.15, 0.2) is 0 Å². The minimum atomic E-state index is -4.39. The molecular formula is C3H6ClNO5S.